The molecule has 0 aromatic heterocycles. The number of benzene rings is 1. The molecule has 1 aromatic rings. The van der Waals surface area contributed by atoms with Gasteiger partial charge in [0.1, 0.15) is 0 Å². The summed E-state index contributed by atoms with van der Waals surface area (Å²) >= 11 is 0. The lowest BCUT2D eigenvalue weighted by atomic mass is 10.2. The van der Waals surface area contributed by atoms with Gasteiger partial charge in [0.15, 0.2) is 0 Å². The van der Waals surface area contributed by atoms with Crippen LogP contribution in [0.2, 0.25) is 0 Å². The molecule has 0 bridgehead atoms. The highest BCUT2D eigenvalue weighted by Gasteiger charge is 2.05. The van der Waals surface area contributed by atoms with E-state index in [1.54, 1.807) is 30.3 Å². The highest BCUT2D eigenvalue weighted by Crippen LogP contribution is 2.09. The molecule has 3 N–H and O–H groups in total. The normalized spacial score (nSPS) is 9.53. The summed E-state index contributed by atoms with van der Waals surface area (Å²) in [5.41, 5.74) is 1.19. The molecule has 0 radical (unpaired) electrons. The molecule has 0 atom stereocenters. The first-order valence-electron chi connectivity index (χ1n) is 6.21. The van der Waals surface area contributed by atoms with Crippen LogP contribution in [-0.4, -0.2) is 25.0 Å². The SMILES string of the molecule is C=CCNC(=O)c1ccc(NC(=O)NCCC)cc1. The molecule has 0 heterocycles. The van der Waals surface area contributed by atoms with Crippen molar-refractivity contribution in [2.75, 3.05) is 18.4 Å². The minimum Gasteiger partial charge on any atom is -0.349 e. The Morgan fingerprint density at radius 1 is 1.21 bits per heavy atom. The predicted molar refractivity (Wildman–Crippen MR) is 76.3 cm³/mol. The van der Waals surface area contributed by atoms with Crippen molar-refractivity contribution in [2.45, 2.75) is 13.3 Å². The van der Waals surface area contributed by atoms with Gasteiger partial charge in [0.25, 0.3) is 5.91 Å². The Morgan fingerprint density at radius 2 is 1.89 bits per heavy atom. The van der Waals surface area contributed by atoms with Gasteiger partial charge in [-0.25, -0.2) is 4.79 Å². The molecule has 0 spiro atoms. The topological polar surface area (TPSA) is 70.2 Å². The zero-order chi connectivity index (χ0) is 14.1. The van der Waals surface area contributed by atoms with E-state index in [4.69, 9.17) is 0 Å². The maximum Gasteiger partial charge on any atom is 0.319 e. The van der Waals surface area contributed by atoms with Crippen LogP contribution < -0.4 is 16.0 Å². The predicted octanol–water partition coefficient (Wildman–Crippen LogP) is 2.13. The van der Waals surface area contributed by atoms with Crippen molar-refractivity contribution < 1.29 is 9.59 Å². The van der Waals surface area contributed by atoms with Gasteiger partial charge >= 0.3 is 6.03 Å². The molecule has 5 nitrogen and oxygen atoms in total. The van der Waals surface area contributed by atoms with E-state index >= 15 is 0 Å². The minimum absolute atomic E-state index is 0.165. The highest BCUT2D eigenvalue weighted by atomic mass is 16.2. The van der Waals surface area contributed by atoms with Crippen molar-refractivity contribution >= 4 is 17.6 Å². The maximum absolute atomic E-state index is 11.6. The number of hydrogen-bond donors (Lipinski definition) is 3. The molecule has 1 aromatic carbocycles. The fraction of sp³-hybridized carbons (Fsp3) is 0.286. The number of hydrogen-bond acceptors (Lipinski definition) is 2. The van der Waals surface area contributed by atoms with Crippen molar-refractivity contribution in [2.24, 2.45) is 0 Å². The van der Waals surface area contributed by atoms with Gasteiger partial charge in [-0.05, 0) is 30.7 Å². The summed E-state index contributed by atoms with van der Waals surface area (Å²) < 4.78 is 0. The van der Waals surface area contributed by atoms with Gasteiger partial charge in [0.2, 0.25) is 0 Å². The average molecular weight is 261 g/mol. The van der Waals surface area contributed by atoms with Crippen LogP contribution in [0.15, 0.2) is 36.9 Å². The van der Waals surface area contributed by atoms with Gasteiger partial charge in [-0.1, -0.05) is 13.0 Å². The number of rotatable bonds is 6. The van der Waals surface area contributed by atoms with Gasteiger partial charge in [-0.3, -0.25) is 4.79 Å². The summed E-state index contributed by atoms with van der Waals surface area (Å²) in [6.45, 7) is 6.57. The quantitative estimate of drug-likeness (QED) is 0.687. The second-order valence-corrected chi connectivity index (χ2v) is 3.96. The van der Waals surface area contributed by atoms with E-state index in [-0.39, 0.29) is 11.9 Å². The Labute approximate surface area is 113 Å². The molecule has 0 saturated heterocycles. The number of carbonyl (C=O) groups is 2. The number of nitrogens with one attached hydrogen (secondary N) is 3. The lowest BCUT2D eigenvalue weighted by Gasteiger charge is -2.07. The van der Waals surface area contributed by atoms with Crippen molar-refractivity contribution in [1.29, 1.82) is 0 Å². The molecular weight excluding hydrogens is 242 g/mol. The summed E-state index contributed by atoms with van der Waals surface area (Å²) in [5, 5.41) is 8.07. The second kappa shape index (κ2) is 7.92. The van der Waals surface area contributed by atoms with Gasteiger partial charge in [-0.2, -0.15) is 0 Å². The van der Waals surface area contributed by atoms with Crippen LogP contribution in [0.4, 0.5) is 10.5 Å². The zero-order valence-corrected chi connectivity index (χ0v) is 11.0. The van der Waals surface area contributed by atoms with Gasteiger partial charge in [-0.15, -0.1) is 6.58 Å². The first kappa shape index (κ1) is 14.8. The summed E-state index contributed by atoms with van der Waals surface area (Å²) in [7, 11) is 0. The highest BCUT2D eigenvalue weighted by molar-refractivity contribution is 5.95. The van der Waals surface area contributed by atoms with E-state index in [1.165, 1.54) is 0 Å². The average Bonchev–Trinajstić information content (AvgIpc) is 2.43. The van der Waals surface area contributed by atoms with Crippen molar-refractivity contribution in [3.8, 4) is 0 Å². The van der Waals surface area contributed by atoms with E-state index in [0.717, 1.165) is 6.42 Å². The lowest BCUT2D eigenvalue weighted by Crippen LogP contribution is -2.29. The molecule has 5 heteroatoms. The number of anilines is 1. The fourth-order valence-corrected chi connectivity index (χ4v) is 1.39. The first-order valence-corrected chi connectivity index (χ1v) is 6.21. The largest absolute Gasteiger partial charge is 0.349 e. The van der Waals surface area contributed by atoms with E-state index < -0.39 is 0 Å². The summed E-state index contributed by atoms with van der Waals surface area (Å²) in [6.07, 6.45) is 2.50. The Hall–Kier alpha value is -2.30. The minimum atomic E-state index is -0.245. The third-order valence-corrected chi connectivity index (χ3v) is 2.35. The Kier molecular flexibility index (Phi) is 6.15. The summed E-state index contributed by atoms with van der Waals surface area (Å²) in [5.74, 6) is -0.165. The Bertz CT molecular complexity index is 441. The van der Waals surface area contributed by atoms with E-state index in [0.29, 0.717) is 24.3 Å². The van der Waals surface area contributed by atoms with E-state index in [2.05, 4.69) is 22.5 Å². The molecule has 0 aliphatic heterocycles. The van der Waals surface area contributed by atoms with Gasteiger partial charge in [0.05, 0.1) is 0 Å². The molecule has 3 amide bonds. The second-order valence-electron chi connectivity index (χ2n) is 3.96. The maximum atomic E-state index is 11.6. The molecule has 0 unspecified atom stereocenters. The lowest BCUT2D eigenvalue weighted by molar-refractivity contribution is 0.0958. The van der Waals surface area contributed by atoms with Crippen molar-refractivity contribution in [1.82, 2.24) is 10.6 Å². The van der Waals surface area contributed by atoms with Gasteiger partial charge < -0.3 is 16.0 Å². The third kappa shape index (κ3) is 5.25. The molecule has 0 saturated carbocycles. The summed E-state index contributed by atoms with van der Waals surface area (Å²) in [4.78, 5) is 23.0. The van der Waals surface area contributed by atoms with Crippen LogP contribution in [0.1, 0.15) is 23.7 Å². The number of amides is 3. The molecule has 102 valence electrons. The Morgan fingerprint density at radius 3 is 2.47 bits per heavy atom. The molecule has 1 rings (SSSR count). The zero-order valence-electron chi connectivity index (χ0n) is 11.0. The molecule has 19 heavy (non-hydrogen) atoms. The van der Waals surface area contributed by atoms with Crippen molar-refractivity contribution in [3.63, 3.8) is 0 Å². The van der Waals surface area contributed by atoms with Crippen LogP contribution in [0.5, 0.6) is 0 Å². The van der Waals surface area contributed by atoms with Crippen LogP contribution in [0.25, 0.3) is 0 Å². The van der Waals surface area contributed by atoms with Crippen LogP contribution in [0, 0.1) is 0 Å². The van der Waals surface area contributed by atoms with E-state index in [9.17, 15) is 9.59 Å². The van der Waals surface area contributed by atoms with Crippen LogP contribution in [0.3, 0.4) is 0 Å². The standard InChI is InChI=1S/C14H19N3O2/c1-3-9-15-13(18)11-5-7-12(8-6-11)17-14(19)16-10-4-2/h3,5-8H,1,4,9-10H2,2H3,(H,15,18)(H2,16,17,19). The smallest absolute Gasteiger partial charge is 0.319 e. The fourth-order valence-electron chi connectivity index (χ4n) is 1.39. The third-order valence-electron chi connectivity index (χ3n) is 2.35. The monoisotopic (exact) mass is 261 g/mol. The van der Waals surface area contributed by atoms with E-state index in [1.807, 2.05) is 6.92 Å². The molecule has 0 aliphatic rings. The van der Waals surface area contributed by atoms with Crippen LogP contribution in [-0.2, 0) is 0 Å². The first-order chi connectivity index (χ1) is 9.17. The molecule has 0 fully saturated rings. The molecule has 0 aliphatic carbocycles. The van der Waals surface area contributed by atoms with Crippen LogP contribution >= 0.6 is 0 Å². The Balaban J connectivity index is 2.53. The number of urea groups is 1. The van der Waals surface area contributed by atoms with Crippen molar-refractivity contribution in [3.05, 3.63) is 42.5 Å². The molecular formula is C14H19N3O2. The number of carbonyl (C=O) groups excluding carboxylic acids is 2. The summed E-state index contributed by atoms with van der Waals surface area (Å²) in [6, 6.07) is 6.45. The van der Waals surface area contributed by atoms with Gasteiger partial charge in [0, 0.05) is 24.3 Å².